The van der Waals surface area contributed by atoms with Gasteiger partial charge < -0.3 is 14.8 Å². The summed E-state index contributed by atoms with van der Waals surface area (Å²) in [6.07, 6.45) is 1.72. The van der Waals surface area contributed by atoms with Gasteiger partial charge in [0, 0.05) is 29.3 Å². The molecule has 2 rings (SSSR count). The van der Waals surface area contributed by atoms with E-state index in [0.29, 0.717) is 18.0 Å². The van der Waals surface area contributed by atoms with Crippen LogP contribution in [0.25, 0.3) is 0 Å². The normalized spacial score (nSPS) is 12.0. The second-order valence-corrected chi connectivity index (χ2v) is 5.56. The van der Waals surface area contributed by atoms with Crippen molar-refractivity contribution in [1.29, 1.82) is 0 Å². The zero-order valence-corrected chi connectivity index (χ0v) is 14.0. The van der Waals surface area contributed by atoms with E-state index in [1.54, 1.807) is 26.5 Å². The Morgan fingerprint density at radius 3 is 2.48 bits per heavy atom. The molecule has 5 heteroatoms. The van der Waals surface area contributed by atoms with Crippen molar-refractivity contribution in [3.05, 3.63) is 52.3 Å². The van der Waals surface area contributed by atoms with Crippen LogP contribution in [0.2, 0.25) is 0 Å². The van der Waals surface area contributed by atoms with Gasteiger partial charge in [-0.25, -0.2) is 0 Å². The third-order valence-corrected chi connectivity index (χ3v) is 3.84. The van der Waals surface area contributed by atoms with Gasteiger partial charge in [0.2, 0.25) is 0 Å². The number of benzene rings is 1. The van der Waals surface area contributed by atoms with Crippen LogP contribution in [0.5, 0.6) is 11.5 Å². The summed E-state index contributed by atoms with van der Waals surface area (Å²) >= 11 is 3.44. The van der Waals surface area contributed by atoms with Crippen LogP contribution in [0.3, 0.4) is 0 Å². The lowest BCUT2D eigenvalue weighted by Gasteiger charge is -2.16. The number of ether oxygens (including phenoxy) is 2. The molecule has 0 radical (unpaired) electrons. The van der Waals surface area contributed by atoms with Crippen LogP contribution in [0.1, 0.15) is 24.2 Å². The van der Waals surface area contributed by atoms with Crippen molar-refractivity contribution in [2.75, 3.05) is 14.2 Å². The SMILES string of the molecule is COc1ccnc(CNC(C)c2ccc(Br)cc2)c1OC. The Bertz CT molecular complexity index is 587. The highest BCUT2D eigenvalue weighted by molar-refractivity contribution is 9.10. The van der Waals surface area contributed by atoms with Gasteiger partial charge in [0.15, 0.2) is 11.5 Å². The van der Waals surface area contributed by atoms with Crippen molar-refractivity contribution in [1.82, 2.24) is 10.3 Å². The number of rotatable bonds is 6. The number of hydrogen-bond donors (Lipinski definition) is 1. The van der Waals surface area contributed by atoms with E-state index in [9.17, 15) is 0 Å². The molecular weight excluding hydrogens is 332 g/mol. The molecule has 1 atom stereocenters. The molecule has 1 N–H and O–H groups in total. The smallest absolute Gasteiger partial charge is 0.183 e. The molecule has 1 aromatic heterocycles. The van der Waals surface area contributed by atoms with E-state index in [1.165, 1.54) is 5.56 Å². The monoisotopic (exact) mass is 350 g/mol. The van der Waals surface area contributed by atoms with Crippen LogP contribution in [-0.2, 0) is 6.54 Å². The van der Waals surface area contributed by atoms with E-state index in [1.807, 2.05) is 12.1 Å². The third kappa shape index (κ3) is 3.95. The first-order valence-corrected chi connectivity index (χ1v) is 7.49. The van der Waals surface area contributed by atoms with Gasteiger partial charge in [0.1, 0.15) is 0 Å². The summed E-state index contributed by atoms with van der Waals surface area (Å²) < 4.78 is 11.7. The fourth-order valence-electron chi connectivity index (χ4n) is 2.10. The van der Waals surface area contributed by atoms with Gasteiger partial charge in [0.25, 0.3) is 0 Å². The molecule has 112 valence electrons. The predicted octanol–water partition coefficient (Wildman–Crippen LogP) is 3.71. The summed E-state index contributed by atoms with van der Waals surface area (Å²) in [5, 5.41) is 3.45. The van der Waals surface area contributed by atoms with E-state index in [2.05, 4.69) is 45.3 Å². The quantitative estimate of drug-likeness (QED) is 0.862. The minimum atomic E-state index is 0.218. The molecule has 0 amide bonds. The van der Waals surface area contributed by atoms with Crippen LogP contribution in [0.4, 0.5) is 0 Å². The summed E-state index contributed by atoms with van der Waals surface area (Å²) in [5.41, 5.74) is 2.06. The molecule has 21 heavy (non-hydrogen) atoms. The number of hydrogen-bond acceptors (Lipinski definition) is 4. The van der Waals surface area contributed by atoms with Gasteiger partial charge in [-0.05, 0) is 24.6 Å². The van der Waals surface area contributed by atoms with E-state index in [0.717, 1.165) is 10.2 Å². The molecule has 0 spiro atoms. The molecule has 1 unspecified atom stereocenters. The summed E-state index contributed by atoms with van der Waals surface area (Å²) in [4.78, 5) is 4.36. The lowest BCUT2D eigenvalue weighted by atomic mass is 10.1. The van der Waals surface area contributed by atoms with Gasteiger partial charge in [0.05, 0.1) is 19.9 Å². The summed E-state index contributed by atoms with van der Waals surface area (Å²) in [6, 6.07) is 10.3. The third-order valence-electron chi connectivity index (χ3n) is 3.31. The second-order valence-electron chi connectivity index (χ2n) is 4.65. The van der Waals surface area contributed by atoms with Crippen LogP contribution < -0.4 is 14.8 Å². The van der Waals surface area contributed by atoms with E-state index >= 15 is 0 Å². The van der Waals surface area contributed by atoms with Crippen molar-refractivity contribution in [3.8, 4) is 11.5 Å². The number of nitrogens with zero attached hydrogens (tertiary/aromatic N) is 1. The largest absolute Gasteiger partial charge is 0.493 e. The van der Waals surface area contributed by atoms with Crippen molar-refractivity contribution in [2.45, 2.75) is 19.5 Å². The van der Waals surface area contributed by atoms with Crippen LogP contribution in [-0.4, -0.2) is 19.2 Å². The standard InChI is InChI=1S/C16H19BrN2O2/c1-11(12-4-6-13(17)7-5-12)19-10-14-16(21-3)15(20-2)8-9-18-14/h4-9,11,19H,10H2,1-3H3. The van der Waals surface area contributed by atoms with Crippen molar-refractivity contribution in [2.24, 2.45) is 0 Å². The van der Waals surface area contributed by atoms with E-state index in [-0.39, 0.29) is 6.04 Å². The molecule has 4 nitrogen and oxygen atoms in total. The number of halogens is 1. The van der Waals surface area contributed by atoms with Gasteiger partial charge in [-0.15, -0.1) is 0 Å². The summed E-state index contributed by atoms with van der Waals surface area (Å²) in [7, 11) is 3.25. The van der Waals surface area contributed by atoms with Crippen LogP contribution in [0, 0.1) is 0 Å². The maximum Gasteiger partial charge on any atom is 0.183 e. The molecule has 1 aromatic carbocycles. The number of pyridine rings is 1. The zero-order chi connectivity index (χ0) is 15.2. The van der Waals surface area contributed by atoms with Crippen molar-refractivity contribution >= 4 is 15.9 Å². The minimum Gasteiger partial charge on any atom is -0.493 e. The first-order chi connectivity index (χ1) is 10.2. The van der Waals surface area contributed by atoms with Gasteiger partial charge in [-0.3, -0.25) is 4.98 Å². The molecule has 1 heterocycles. The maximum atomic E-state index is 5.39. The number of methoxy groups -OCH3 is 2. The molecule has 0 saturated heterocycles. The highest BCUT2D eigenvalue weighted by Crippen LogP contribution is 2.29. The average Bonchev–Trinajstić information content (AvgIpc) is 2.52. The lowest BCUT2D eigenvalue weighted by Crippen LogP contribution is -2.19. The topological polar surface area (TPSA) is 43.4 Å². The lowest BCUT2D eigenvalue weighted by molar-refractivity contribution is 0.347. The predicted molar refractivity (Wildman–Crippen MR) is 86.7 cm³/mol. The Morgan fingerprint density at radius 1 is 1.14 bits per heavy atom. The molecule has 2 aromatic rings. The fourth-order valence-corrected chi connectivity index (χ4v) is 2.36. The van der Waals surface area contributed by atoms with E-state index in [4.69, 9.17) is 9.47 Å². The van der Waals surface area contributed by atoms with Crippen molar-refractivity contribution < 1.29 is 9.47 Å². The Balaban J connectivity index is 2.07. The maximum absolute atomic E-state index is 5.39. The average molecular weight is 351 g/mol. The van der Waals surface area contributed by atoms with Crippen LogP contribution in [0.15, 0.2) is 41.0 Å². The summed E-state index contributed by atoms with van der Waals surface area (Å²) in [5.74, 6) is 1.37. The molecule has 0 bridgehead atoms. The molecule has 0 saturated carbocycles. The number of nitrogens with one attached hydrogen (secondary N) is 1. The van der Waals surface area contributed by atoms with Gasteiger partial charge >= 0.3 is 0 Å². The Hall–Kier alpha value is -1.59. The van der Waals surface area contributed by atoms with Crippen molar-refractivity contribution in [3.63, 3.8) is 0 Å². The molecule has 0 aliphatic rings. The zero-order valence-electron chi connectivity index (χ0n) is 12.4. The first-order valence-electron chi connectivity index (χ1n) is 6.70. The minimum absolute atomic E-state index is 0.218. The molecule has 0 aliphatic heterocycles. The first kappa shape index (κ1) is 15.8. The number of aromatic nitrogens is 1. The van der Waals surface area contributed by atoms with E-state index < -0.39 is 0 Å². The summed E-state index contributed by atoms with van der Waals surface area (Å²) in [6.45, 7) is 2.73. The fraction of sp³-hybridized carbons (Fsp3) is 0.312. The second kappa shape index (κ2) is 7.43. The van der Waals surface area contributed by atoms with Crippen LogP contribution >= 0.6 is 15.9 Å². The Kier molecular flexibility index (Phi) is 5.59. The Labute approximate surface area is 133 Å². The van der Waals surface area contributed by atoms with Gasteiger partial charge in [-0.2, -0.15) is 0 Å². The Morgan fingerprint density at radius 2 is 1.86 bits per heavy atom. The molecular formula is C16H19BrN2O2. The van der Waals surface area contributed by atoms with Gasteiger partial charge in [-0.1, -0.05) is 28.1 Å². The molecule has 0 fully saturated rings. The highest BCUT2D eigenvalue weighted by Gasteiger charge is 2.12. The molecule has 0 aliphatic carbocycles. The highest BCUT2D eigenvalue weighted by atomic mass is 79.9.